The van der Waals surface area contributed by atoms with Gasteiger partial charge in [0, 0.05) is 5.69 Å². The molecule has 1 aliphatic heterocycles. The van der Waals surface area contributed by atoms with E-state index in [2.05, 4.69) is 19.2 Å². The summed E-state index contributed by atoms with van der Waals surface area (Å²) in [5.41, 5.74) is 5.52. The van der Waals surface area contributed by atoms with E-state index in [1.807, 2.05) is 85.8 Å². The number of nitrogens with zero attached hydrogens (tertiary/aromatic N) is 1. The van der Waals surface area contributed by atoms with E-state index in [-0.39, 0.29) is 18.4 Å². The zero-order valence-corrected chi connectivity index (χ0v) is 18.1. The minimum absolute atomic E-state index is 0.242. The lowest BCUT2D eigenvalue weighted by atomic mass is 10.0. The summed E-state index contributed by atoms with van der Waals surface area (Å²) in [6.07, 6.45) is 0. The van der Waals surface area contributed by atoms with Crippen LogP contribution >= 0.6 is 0 Å². The molecule has 0 fully saturated rings. The molecule has 3 aromatic rings. The van der Waals surface area contributed by atoms with E-state index in [1.54, 1.807) is 0 Å². The van der Waals surface area contributed by atoms with Crippen molar-refractivity contribution in [3.8, 4) is 0 Å². The molecule has 0 radical (unpaired) electrons. The Hall–Kier alpha value is -3.66. The molecule has 0 unspecified atom stereocenters. The molecule has 1 aliphatic rings. The molecule has 0 bridgehead atoms. The molecule has 2 amide bonds. The van der Waals surface area contributed by atoms with Crippen LogP contribution in [0.25, 0.3) is 5.57 Å². The van der Waals surface area contributed by atoms with Gasteiger partial charge in [0.25, 0.3) is 11.8 Å². The Morgan fingerprint density at radius 3 is 2.06 bits per heavy atom. The monoisotopic (exact) mass is 410 g/mol. The summed E-state index contributed by atoms with van der Waals surface area (Å²) < 4.78 is 0. The molecule has 3 aromatic carbocycles. The van der Waals surface area contributed by atoms with Gasteiger partial charge >= 0.3 is 0 Å². The maximum Gasteiger partial charge on any atom is 0.278 e. The van der Waals surface area contributed by atoms with Crippen LogP contribution in [0.2, 0.25) is 0 Å². The lowest BCUT2D eigenvalue weighted by Gasteiger charge is -2.16. The Bertz CT molecular complexity index is 1130. The van der Waals surface area contributed by atoms with E-state index < -0.39 is 0 Å². The van der Waals surface area contributed by atoms with E-state index in [1.165, 1.54) is 10.5 Å². The van der Waals surface area contributed by atoms with Gasteiger partial charge in [-0.15, -0.1) is 0 Å². The number of amides is 2. The van der Waals surface area contributed by atoms with Crippen LogP contribution < -0.4 is 5.32 Å². The number of carbonyl (C=O) groups is 2. The fourth-order valence-electron chi connectivity index (χ4n) is 3.68. The van der Waals surface area contributed by atoms with Crippen molar-refractivity contribution >= 4 is 23.1 Å². The number of carbonyl (C=O) groups excluding carboxylic acids is 2. The van der Waals surface area contributed by atoms with Crippen molar-refractivity contribution in [1.29, 1.82) is 0 Å². The summed E-state index contributed by atoms with van der Waals surface area (Å²) in [7, 11) is 0. The third kappa shape index (κ3) is 4.29. The van der Waals surface area contributed by atoms with Crippen LogP contribution in [-0.2, 0) is 16.1 Å². The summed E-state index contributed by atoms with van der Waals surface area (Å²) in [4.78, 5) is 28.0. The lowest BCUT2D eigenvalue weighted by molar-refractivity contribution is -0.137. The Morgan fingerprint density at radius 2 is 1.45 bits per heavy atom. The van der Waals surface area contributed by atoms with Crippen LogP contribution in [-0.4, -0.2) is 16.7 Å². The van der Waals surface area contributed by atoms with Gasteiger partial charge in [0.05, 0.1) is 12.1 Å². The first-order valence-corrected chi connectivity index (χ1v) is 10.5. The van der Waals surface area contributed by atoms with Gasteiger partial charge in [-0.3, -0.25) is 14.5 Å². The van der Waals surface area contributed by atoms with E-state index in [9.17, 15) is 9.59 Å². The van der Waals surface area contributed by atoms with Gasteiger partial charge < -0.3 is 5.32 Å². The van der Waals surface area contributed by atoms with Gasteiger partial charge in [-0.2, -0.15) is 0 Å². The van der Waals surface area contributed by atoms with Crippen LogP contribution in [0.4, 0.5) is 5.69 Å². The average Bonchev–Trinajstić information content (AvgIpc) is 3.00. The second kappa shape index (κ2) is 8.60. The van der Waals surface area contributed by atoms with Crippen molar-refractivity contribution in [2.45, 2.75) is 33.2 Å². The van der Waals surface area contributed by atoms with E-state index in [4.69, 9.17) is 0 Å². The third-order valence-corrected chi connectivity index (χ3v) is 5.54. The number of hydrogen-bond donors (Lipinski definition) is 1. The highest BCUT2D eigenvalue weighted by Crippen LogP contribution is 2.31. The van der Waals surface area contributed by atoms with Gasteiger partial charge in [-0.05, 0) is 41.7 Å². The first-order valence-electron chi connectivity index (χ1n) is 10.5. The number of imide groups is 1. The SMILES string of the molecule is Cc1ccc(CN2C(=O)C(Nc3ccc(C(C)C)cc3)=C(c3ccccc3)C2=O)cc1. The molecule has 156 valence electrons. The number of rotatable bonds is 6. The van der Waals surface area contributed by atoms with Gasteiger partial charge in [-0.1, -0.05) is 86.1 Å². The van der Waals surface area contributed by atoms with Crippen LogP contribution in [0.3, 0.4) is 0 Å². The van der Waals surface area contributed by atoms with E-state index in [0.717, 1.165) is 22.4 Å². The number of hydrogen-bond acceptors (Lipinski definition) is 3. The fourth-order valence-corrected chi connectivity index (χ4v) is 3.68. The van der Waals surface area contributed by atoms with Gasteiger partial charge in [-0.25, -0.2) is 0 Å². The zero-order chi connectivity index (χ0) is 22.0. The topological polar surface area (TPSA) is 49.4 Å². The predicted molar refractivity (Wildman–Crippen MR) is 124 cm³/mol. The molecule has 1 N–H and O–H groups in total. The van der Waals surface area contributed by atoms with Crippen LogP contribution in [0, 0.1) is 6.92 Å². The molecular formula is C27H26N2O2. The molecule has 31 heavy (non-hydrogen) atoms. The maximum atomic E-state index is 13.3. The molecule has 0 aliphatic carbocycles. The van der Waals surface area contributed by atoms with Crippen molar-refractivity contribution in [1.82, 2.24) is 4.90 Å². The van der Waals surface area contributed by atoms with Crippen molar-refractivity contribution in [2.24, 2.45) is 0 Å². The molecule has 4 rings (SSSR count). The normalized spacial score (nSPS) is 14.0. The number of nitrogens with one attached hydrogen (secondary N) is 1. The Kier molecular flexibility index (Phi) is 5.72. The van der Waals surface area contributed by atoms with Crippen molar-refractivity contribution in [3.05, 3.63) is 107 Å². The molecule has 4 nitrogen and oxygen atoms in total. The summed E-state index contributed by atoms with van der Waals surface area (Å²) in [5, 5.41) is 3.23. The van der Waals surface area contributed by atoms with Crippen LogP contribution in [0.15, 0.2) is 84.6 Å². The second-order valence-corrected chi connectivity index (χ2v) is 8.20. The second-order valence-electron chi connectivity index (χ2n) is 8.20. The smallest absolute Gasteiger partial charge is 0.278 e. The van der Waals surface area contributed by atoms with Gasteiger partial charge in [0.15, 0.2) is 0 Å². The maximum absolute atomic E-state index is 13.3. The average molecular weight is 411 g/mol. The Balaban J connectivity index is 1.69. The summed E-state index contributed by atoms with van der Waals surface area (Å²) in [6.45, 7) is 6.53. The standard InChI is InChI=1S/C27H26N2O2/c1-18(2)21-13-15-23(16-14-21)28-25-24(22-7-5-4-6-8-22)26(30)29(27(25)31)17-20-11-9-19(3)10-12-20/h4-16,18,28H,17H2,1-3H3. The quantitative estimate of drug-likeness (QED) is 0.545. The summed E-state index contributed by atoms with van der Waals surface area (Å²) in [6, 6.07) is 25.2. The largest absolute Gasteiger partial charge is 0.350 e. The predicted octanol–water partition coefficient (Wildman–Crippen LogP) is 5.51. The molecular weight excluding hydrogens is 384 g/mol. The molecule has 0 atom stereocenters. The molecule has 4 heteroatoms. The van der Waals surface area contributed by atoms with Gasteiger partial charge in [0.1, 0.15) is 5.70 Å². The minimum atomic E-state index is -0.308. The number of aryl methyl sites for hydroxylation is 1. The van der Waals surface area contributed by atoms with Crippen molar-refractivity contribution in [2.75, 3.05) is 5.32 Å². The minimum Gasteiger partial charge on any atom is -0.350 e. The lowest BCUT2D eigenvalue weighted by Crippen LogP contribution is -2.32. The first kappa shape index (κ1) is 20.6. The molecule has 0 saturated carbocycles. The number of benzene rings is 3. The van der Waals surface area contributed by atoms with E-state index in [0.29, 0.717) is 17.2 Å². The van der Waals surface area contributed by atoms with Crippen LogP contribution in [0.5, 0.6) is 0 Å². The van der Waals surface area contributed by atoms with Crippen molar-refractivity contribution in [3.63, 3.8) is 0 Å². The molecule has 1 heterocycles. The number of anilines is 1. The highest BCUT2D eigenvalue weighted by atomic mass is 16.2. The fraction of sp³-hybridized carbons (Fsp3) is 0.185. The van der Waals surface area contributed by atoms with Crippen LogP contribution in [0.1, 0.15) is 42.0 Å². The van der Waals surface area contributed by atoms with Gasteiger partial charge in [0.2, 0.25) is 0 Å². The highest BCUT2D eigenvalue weighted by molar-refractivity contribution is 6.36. The first-order chi connectivity index (χ1) is 14.9. The molecule has 0 aromatic heterocycles. The highest BCUT2D eigenvalue weighted by Gasteiger charge is 2.39. The van der Waals surface area contributed by atoms with E-state index >= 15 is 0 Å². The Labute approximate surface area is 183 Å². The van der Waals surface area contributed by atoms with Crippen molar-refractivity contribution < 1.29 is 9.59 Å². The zero-order valence-electron chi connectivity index (χ0n) is 18.1. The third-order valence-electron chi connectivity index (χ3n) is 5.54. The Morgan fingerprint density at radius 1 is 0.806 bits per heavy atom. The molecule has 0 spiro atoms. The summed E-state index contributed by atoms with van der Waals surface area (Å²) in [5.74, 6) is -0.164. The summed E-state index contributed by atoms with van der Waals surface area (Å²) >= 11 is 0. The molecule has 0 saturated heterocycles.